The number of hydrogen-bond acceptors (Lipinski definition) is 4. The molecule has 0 radical (unpaired) electrons. The molecule has 2 amide bonds. The lowest BCUT2D eigenvalue weighted by Crippen LogP contribution is -2.37. The molecule has 1 aromatic rings. The van der Waals surface area contributed by atoms with Crippen LogP contribution >= 0.6 is 0 Å². The fourth-order valence-electron chi connectivity index (χ4n) is 2.53. The maximum atomic E-state index is 11.7. The lowest BCUT2D eigenvalue weighted by atomic mass is 10.1. The van der Waals surface area contributed by atoms with Gasteiger partial charge in [-0.2, -0.15) is 0 Å². The molecule has 1 aliphatic heterocycles. The number of carbonyl (C=O) groups excluding carboxylic acids is 2. The van der Waals surface area contributed by atoms with E-state index in [1.165, 1.54) is 5.56 Å². The molecule has 0 unspecified atom stereocenters. The van der Waals surface area contributed by atoms with Gasteiger partial charge in [0.15, 0.2) is 0 Å². The monoisotopic (exact) mass is 318 g/mol. The van der Waals surface area contributed by atoms with Gasteiger partial charge in [-0.3, -0.25) is 9.59 Å². The summed E-state index contributed by atoms with van der Waals surface area (Å²) in [5.74, 6) is 0.765. The SMILES string of the molecule is CCCNC(=O)CNC(=O)CCCc1ccc2c(n1)NCCC2. The molecule has 1 aliphatic rings. The summed E-state index contributed by atoms with van der Waals surface area (Å²) in [5.41, 5.74) is 2.28. The maximum absolute atomic E-state index is 11.7. The van der Waals surface area contributed by atoms with E-state index in [9.17, 15) is 9.59 Å². The van der Waals surface area contributed by atoms with Gasteiger partial charge in [0.2, 0.25) is 11.8 Å². The lowest BCUT2D eigenvalue weighted by molar-refractivity contribution is -0.126. The Hall–Kier alpha value is -2.11. The van der Waals surface area contributed by atoms with Crippen molar-refractivity contribution in [2.45, 2.75) is 45.4 Å². The van der Waals surface area contributed by atoms with Crippen LogP contribution in [-0.2, 0) is 22.4 Å². The van der Waals surface area contributed by atoms with Crippen LogP contribution in [0.4, 0.5) is 5.82 Å². The maximum Gasteiger partial charge on any atom is 0.239 e. The van der Waals surface area contributed by atoms with Gasteiger partial charge in [0, 0.05) is 25.2 Å². The first-order valence-corrected chi connectivity index (χ1v) is 8.45. The van der Waals surface area contributed by atoms with E-state index in [2.05, 4.69) is 27.0 Å². The molecule has 0 saturated carbocycles. The smallest absolute Gasteiger partial charge is 0.239 e. The third kappa shape index (κ3) is 5.88. The van der Waals surface area contributed by atoms with Crippen molar-refractivity contribution in [1.29, 1.82) is 0 Å². The molecular weight excluding hydrogens is 292 g/mol. The van der Waals surface area contributed by atoms with Crippen LogP contribution < -0.4 is 16.0 Å². The predicted octanol–water partition coefficient (Wildman–Crippen LogP) is 1.40. The standard InChI is InChI=1S/C17H26N4O2/c1-2-10-18-16(23)12-20-15(22)7-3-6-14-9-8-13-5-4-11-19-17(13)21-14/h8-9H,2-7,10-12H2,1H3,(H,18,23)(H,19,21)(H,20,22). The molecule has 1 aromatic heterocycles. The molecule has 2 rings (SSSR count). The van der Waals surface area contributed by atoms with Crippen LogP contribution in [0.1, 0.15) is 43.9 Å². The number of aryl methyl sites for hydroxylation is 2. The van der Waals surface area contributed by atoms with Crippen molar-refractivity contribution in [2.24, 2.45) is 0 Å². The Kier molecular flexibility index (Phi) is 6.84. The van der Waals surface area contributed by atoms with Crippen LogP contribution in [0.25, 0.3) is 0 Å². The quantitative estimate of drug-likeness (QED) is 0.677. The highest BCUT2D eigenvalue weighted by Crippen LogP contribution is 2.20. The normalized spacial score (nSPS) is 12.9. The van der Waals surface area contributed by atoms with Crippen molar-refractivity contribution in [2.75, 3.05) is 25.0 Å². The van der Waals surface area contributed by atoms with Gasteiger partial charge in [0.1, 0.15) is 5.82 Å². The van der Waals surface area contributed by atoms with E-state index in [0.29, 0.717) is 13.0 Å². The molecule has 23 heavy (non-hydrogen) atoms. The predicted molar refractivity (Wildman–Crippen MR) is 90.3 cm³/mol. The van der Waals surface area contributed by atoms with Crippen LogP contribution in [-0.4, -0.2) is 36.4 Å². The van der Waals surface area contributed by atoms with Crippen molar-refractivity contribution in [3.63, 3.8) is 0 Å². The number of aromatic nitrogens is 1. The molecule has 0 saturated heterocycles. The van der Waals surface area contributed by atoms with Crippen LogP contribution in [0.15, 0.2) is 12.1 Å². The molecule has 126 valence electrons. The van der Waals surface area contributed by atoms with Gasteiger partial charge in [-0.05, 0) is 43.7 Å². The van der Waals surface area contributed by atoms with E-state index in [1.807, 2.05) is 13.0 Å². The molecule has 2 heterocycles. The zero-order chi connectivity index (χ0) is 16.5. The van der Waals surface area contributed by atoms with Gasteiger partial charge < -0.3 is 16.0 Å². The van der Waals surface area contributed by atoms with Gasteiger partial charge >= 0.3 is 0 Å². The molecule has 0 aliphatic carbocycles. The Balaban J connectivity index is 1.66. The average molecular weight is 318 g/mol. The number of anilines is 1. The Morgan fingerprint density at radius 3 is 2.96 bits per heavy atom. The number of nitrogens with one attached hydrogen (secondary N) is 3. The third-order valence-electron chi connectivity index (χ3n) is 3.81. The molecular formula is C17H26N4O2. The second-order valence-electron chi connectivity index (χ2n) is 5.82. The topological polar surface area (TPSA) is 83.1 Å². The highest BCUT2D eigenvalue weighted by molar-refractivity contribution is 5.84. The first-order valence-electron chi connectivity index (χ1n) is 8.45. The van der Waals surface area contributed by atoms with Crippen molar-refractivity contribution < 1.29 is 9.59 Å². The van der Waals surface area contributed by atoms with Crippen molar-refractivity contribution >= 4 is 17.6 Å². The van der Waals surface area contributed by atoms with Gasteiger partial charge in [0.05, 0.1) is 6.54 Å². The summed E-state index contributed by atoms with van der Waals surface area (Å²) in [7, 11) is 0. The number of carbonyl (C=O) groups is 2. The fraction of sp³-hybridized carbons (Fsp3) is 0.588. The van der Waals surface area contributed by atoms with Gasteiger partial charge in [-0.25, -0.2) is 4.98 Å². The van der Waals surface area contributed by atoms with Gasteiger partial charge in [0.25, 0.3) is 0 Å². The van der Waals surface area contributed by atoms with E-state index in [4.69, 9.17) is 0 Å². The summed E-state index contributed by atoms with van der Waals surface area (Å²) >= 11 is 0. The first-order chi connectivity index (χ1) is 11.2. The molecule has 0 aromatic carbocycles. The second kappa shape index (κ2) is 9.12. The van der Waals surface area contributed by atoms with E-state index >= 15 is 0 Å². The van der Waals surface area contributed by atoms with E-state index in [-0.39, 0.29) is 18.4 Å². The Morgan fingerprint density at radius 2 is 2.13 bits per heavy atom. The highest BCUT2D eigenvalue weighted by Gasteiger charge is 2.10. The molecule has 0 bridgehead atoms. The largest absolute Gasteiger partial charge is 0.370 e. The second-order valence-corrected chi connectivity index (χ2v) is 5.82. The minimum Gasteiger partial charge on any atom is -0.370 e. The van der Waals surface area contributed by atoms with Gasteiger partial charge in [-0.15, -0.1) is 0 Å². The molecule has 6 nitrogen and oxygen atoms in total. The van der Waals surface area contributed by atoms with Crippen molar-refractivity contribution in [3.8, 4) is 0 Å². The zero-order valence-corrected chi connectivity index (χ0v) is 13.8. The van der Waals surface area contributed by atoms with Gasteiger partial charge in [-0.1, -0.05) is 13.0 Å². The van der Waals surface area contributed by atoms with Crippen LogP contribution in [0.5, 0.6) is 0 Å². The highest BCUT2D eigenvalue weighted by atomic mass is 16.2. The first kappa shape index (κ1) is 17.2. The summed E-state index contributed by atoms with van der Waals surface area (Å²) in [6, 6.07) is 4.17. The summed E-state index contributed by atoms with van der Waals surface area (Å²) in [5, 5.41) is 8.69. The number of fused-ring (bicyclic) bond motifs is 1. The third-order valence-corrected chi connectivity index (χ3v) is 3.81. The van der Waals surface area contributed by atoms with Crippen molar-refractivity contribution in [3.05, 3.63) is 23.4 Å². The van der Waals surface area contributed by atoms with Crippen LogP contribution in [0, 0.1) is 0 Å². The summed E-state index contributed by atoms with van der Waals surface area (Å²) < 4.78 is 0. The Bertz CT molecular complexity index is 545. The van der Waals surface area contributed by atoms with Crippen molar-refractivity contribution in [1.82, 2.24) is 15.6 Å². The Morgan fingerprint density at radius 1 is 1.26 bits per heavy atom. The van der Waals surface area contributed by atoms with E-state index in [1.54, 1.807) is 0 Å². The number of hydrogen-bond donors (Lipinski definition) is 3. The van der Waals surface area contributed by atoms with E-state index in [0.717, 1.165) is 50.2 Å². The minimum absolute atomic E-state index is 0.0554. The molecule has 0 atom stereocenters. The average Bonchev–Trinajstić information content (AvgIpc) is 2.58. The molecule has 6 heteroatoms. The number of pyridine rings is 1. The summed E-state index contributed by atoms with van der Waals surface area (Å²) in [4.78, 5) is 27.7. The molecule has 0 spiro atoms. The number of rotatable bonds is 8. The minimum atomic E-state index is -0.136. The Labute approximate surface area is 137 Å². The number of amides is 2. The fourth-order valence-corrected chi connectivity index (χ4v) is 2.53. The number of nitrogens with zero attached hydrogens (tertiary/aromatic N) is 1. The summed E-state index contributed by atoms with van der Waals surface area (Å²) in [6.45, 7) is 3.67. The molecule has 3 N–H and O–H groups in total. The lowest BCUT2D eigenvalue weighted by Gasteiger charge is -2.17. The van der Waals surface area contributed by atoms with Crippen LogP contribution in [0.3, 0.4) is 0 Å². The zero-order valence-electron chi connectivity index (χ0n) is 13.8. The van der Waals surface area contributed by atoms with E-state index < -0.39 is 0 Å². The van der Waals surface area contributed by atoms with Crippen LogP contribution in [0.2, 0.25) is 0 Å². The summed E-state index contributed by atoms with van der Waals surface area (Å²) in [6.07, 6.45) is 5.03. The molecule has 0 fully saturated rings.